The van der Waals surface area contributed by atoms with Crippen LogP contribution in [0.2, 0.25) is 5.02 Å². The zero-order chi connectivity index (χ0) is 17.5. The van der Waals surface area contributed by atoms with Gasteiger partial charge in [0, 0.05) is 23.8 Å². The number of carbonyl (C=O) groups excluding carboxylic acids is 1. The van der Waals surface area contributed by atoms with Gasteiger partial charge in [-0.2, -0.15) is 0 Å². The Balaban J connectivity index is 1.51. The number of halogens is 1. The lowest BCUT2D eigenvalue weighted by atomic mass is 9.95. The molecule has 132 valence electrons. The number of amides is 1. The Morgan fingerprint density at radius 2 is 1.88 bits per heavy atom. The number of hydrogen-bond acceptors (Lipinski definition) is 4. The largest absolute Gasteiger partial charge is 0.354 e. The van der Waals surface area contributed by atoms with Crippen molar-refractivity contribution in [1.82, 2.24) is 15.3 Å². The molecule has 6 heteroatoms. The van der Waals surface area contributed by atoms with E-state index in [0.717, 1.165) is 24.3 Å². The highest BCUT2D eigenvalue weighted by atomic mass is 35.5. The van der Waals surface area contributed by atoms with Gasteiger partial charge in [0.1, 0.15) is 5.69 Å². The second-order valence-corrected chi connectivity index (χ2v) is 6.81. The predicted octanol–water partition coefficient (Wildman–Crippen LogP) is 3.85. The average Bonchev–Trinajstić information content (AvgIpc) is 2.64. The van der Waals surface area contributed by atoms with Crippen molar-refractivity contribution < 1.29 is 4.79 Å². The highest BCUT2D eigenvalue weighted by molar-refractivity contribution is 6.30. The van der Waals surface area contributed by atoms with Crippen LogP contribution in [-0.2, 0) is 6.42 Å². The van der Waals surface area contributed by atoms with E-state index in [1.54, 1.807) is 12.3 Å². The number of hydrogen-bond donors (Lipinski definition) is 2. The first kappa shape index (κ1) is 17.7. The van der Waals surface area contributed by atoms with Gasteiger partial charge in [0.15, 0.2) is 0 Å². The van der Waals surface area contributed by atoms with Crippen molar-refractivity contribution in [3.05, 3.63) is 52.8 Å². The Hall–Kier alpha value is -2.14. The molecule has 1 fully saturated rings. The molecule has 1 aromatic heterocycles. The molecule has 3 rings (SSSR count). The molecule has 2 N–H and O–H groups in total. The third-order valence-corrected chi connectivity index (χ3v) is 4.69. The van der Waals surface area contributed by atoms with E-state index in [1.165, 1.54) is 24.8 Å². The lowest BCUT2D eigenvalue weighted by molar-refractivity contribution is 0.0922. The van der Waals surface area contributed by atoms with Crippen LogP contribution < -0.4 is 10.6 Å². The van der Waals surface area contributed by atoms with Gasteiger partial charge in [-0.25, -0.2) is 9.97 Å². The Bertz CT molecular complexity index is 699. The van der Waals surface area contributed by atoms with Crippen molar-refractivity contribution in [1.29, 1.82) is 0 Å². The van der Waals surface area contributed by atoms with Gasteiger partial charge in [-0.3, -0.25) is 4.79 Å². The lowest BCUT2D eigenvalue weighted by Crippen LogP contribution is -2.36. The van der Waals surface area contributed by atoms with Gasteiger partial charge in [-0.15, -0.1) is 0 Å². The second kappa shape index (κ2) is 8.81. The fraction of sp³-hybridized carbons (Fsp3) is 0.421. The molecule has 0 atom stereocenters. The molecule has 1 amide bonds. The van der Waals surface area contributed by atoms with E-state index >= 15 is 0 Å². The first-order valence-electron chi connectivity index (χ1n) is 8.83. The highest BCUT2D eigenvalue weighted by Gasteiger charge is 2.17. The van der Waals surface area contributed by atoms with E-state index < -0.39 is 0 Å². The molecule has 25 heavy (non-hydrogen) atoms. The Labute approximate surface area is 153 Å². The summed E-state index contributed by atoms with van der Waals surface area (Å²) in [6.45, 7) is 0.690. The topological polar surface area (TPSA) is 66.9 Å². The van der Waals surface area contributed by atoms with Gasteiger partial charge in [-0.1, -0.05) is 43.0 Å². The van der Waals surface area contributed by atoms with Gasteiger partial charge < -0.3 is 10.6 Å². The summed E-state index contributed by atoms with van der Waals surface area (Å²) in [6.07, 6.45) is 8.21. The minimum atomic E-state index is -0.116. The Morgan fingerprint density at radius 1 is 1.12 bits per heavy atom. The summed E-state index contributed by atoms with van der Waals surface area (Å²) in [4.78, 5) is 20.9. The number of benzene rings is 1. The molecule has 1 aromatic carbocycles. The van der Waals surface area contributed by atoms with E-state index in [9.17, 15) is 4.79 Å². The zero-order valence-corrected chi connectivity index (χ0v) is 14.9. The molecule has 0 unspecified atom stereocenters. The SMILES string of the molecule is O=C(NC1CCCCC1)c1ccnc(NCCc2ccc(Cl)cc2)n1. The van der Waals surface area contributed by atoms with Crippen molar-refractivity contribution in [2.24, 2.45) is 0 Å². The minimum Gasteiger partial charge on any atom is -0.354 e. The van der Waals surface area contributed by atoms with Crippen LogP contribution in [0.4, 0.5) is 5.95 Å². The molecule has 5 nitrogen and oxygen atoms in total. The van der Waals surface area contributed by atoms with Crippen LogP contribution >= 0.6 is 11.6 Å². The lowest BCUT2D eigenvalue weighted by Gasteiger charge is -2.22. The summed E-state index contributed by atoms with van der Waals surface area (Å²) in [5, 5.41) is 6.98. The summed E-state index contributed by atoms with van der Waals surface area (Å²) < 4.78 is 0. The van der Waals surface area contributed by atoms with Crippen LogP contribution in [0, 0.1) is 0 Å². The van der Waals surface area contributed by atoms with E-state index in [4.69, 9.17) is 11.6 Å². The summed E-state index contributed by atoms with van der Waals surface area (Å²) in [5.74, 6) is 0.361. The molecule has 0 aliphatic heterocycles. The molecule has 0 spiro atoms. The quantitative estimate of drug-likeness (QED) is 0.823. The Kier molecular flexibility index (Phi) is 6.23. The van der Waals surface area contributed by atoms with Crippen molar-refractivity contribution in [3.63, 3.8) is 0 Å². The van der Waals surface area contributed by atoms with Crippen molar-refractivity contribution in [3.8, 4) is 0 Å². The fourth-order valence-electron chi connectivity index (χ4n) is 3.05. The first-order chi connectivity index (χ1) is 12.2. The molecule has 0 saturated heterocycles. The molecule has 1 aliphatic rings. The van der Waals surface area contributed by atoms with Gasteiger partial charge in [0.2, 0.25) is 5.95 Å². The molecular formula is C19H23ClN4O. The number of aromatic nitrogens is 2. The number of rotatable bonds is 6. The van der Waals surface area contributed by atoms with Crippen LogP contribution in [0.5, 0.6) is 0 Å². The summed E-state index contributed by atoms with van der Waals surface area (Å²) in [6, 6.07) is 9.69. The van der Waals surface area contributed by atoms with Gasteiger partial charge in [-0.05, 0) is 43.0 Å². The maximum atomic E-state index is 12.4. The molecule has 1 saturated carbocycles. The summed E-state index contributed by atoms with van der Waals surface area (Å²) in [5.41, 5.74) is 1.60. The molecular weight excluding hydrogens is 336 g/mol. The van der Waals surface area contributed by atoms with Crippen molar-refractivity contribution in [2.75, 3.05) is 11.9 Å². The second-order valence-electron chi connectivity index (χ2n) is 6.38. The smallest absolute Gasteiger partial charge is 0.270 e. The molecule has 0 bridgehead atoms. The monoisotopic (exact) mass is 358 g/mol. The molecule has 2 aromatic rings. The third kappa shape index (κ3) is 5.43. The maximum absolute atomic E-state index is 12.4. The fourth-order valence-corrected chi connectivity index (χ4v) is 3.17. The number of carbonyl (C=O) groups is 1. The number of nitrogens with zero attached hydrogens (tertiary/aromatic N) is 2. The van der Waals surface area contributed by atoms with Crippen molar-refractivity contribution in [2.45, 2.75) is 44.6 Å². The number of nitrogens with one attached hydrogen (secondary N) is 2. The maximum Gasteiger partial charge on any atom is 0.270 e. The molecule has 1 aliphatic carbocycles. The van der Waals surface area contributed by atoms with E-state index in [1.807, 2.05) is 24.3 Å². The van der Waals surface area contributed by atoms with Crippen LogP contribution in [0.3, 0.4) is 0 Å². The summed E-state index contributed by atoms with van der Waals surface area (Å²) in [7, 11) is 0. The summed E-state index contributed by atoms with van der Waals surface area (Å²) >= 11 is 5.88. The average molecular weight is 359 g/mol. The van der Waals surface area contributed by atoms with Crippen molar-refractivity contribution >= 4 is 23.5 Å². The Morgan fingerprint density at radius 3 is 2.64 bits per heavy atom. The van der Waals surface area contributed by atoms with Gasteiger partial charge in [0.25, 0.3) is 5.91 Å². The van der Waals surface area contributed by atoms with Crippen LogP contribution in [0.1, 0.15) is 48.2 Å². The van der Waals surface area contributed by atoms with Crippen LogP contribution in [0.15, 0.2) is 36.5 Å². The highest BCUT2D eigenvalue weighted by Crippen LogP contribution is 2.17. The standard InChI is InChI=1S/C19H23ClN4O/c20-15-8-6-14(7-9-15)10-12-21-19-22-13-11-17(24-19)18(25)23-16-4-2-1-3-5-16/h6-9,11,13,16H,1-5,10,12H2,(H,23,25)(H,21,22,24). The normalized spacial score (nSPS) is 14.9. The first-order valence-corrected chi connectivity index (χ1v) is 9.21. The predicted molar refractivity (Wildman–Crippen MR) is 100 cm³/mol. The zero-order valence-electron chi connectivity index (χ0n) is 14.2. The molecule has 0 radical (unpaired) electrons. The third-order valence-electron chi connectivity index (χ3n) is 4.44. The van der Waals surface area contributed by atoms with Crippen LogP contribution in [0.25, 0.3) is 0 Å². The van der Waals surface area contributed by atoms with Gasteiger partial charge in [0.05, 0.1) is 0 Å². The van der Waals surface area contributed by atoms with Gasteiger partial charge >= 0.3 is 0 Å². The minimum absolute atomic E-state index is 0.116. The number of anilines is 1. The van der Waals surface area contributed by atoms with E-state index in [-0.39, 0.29) is 11.9 Å². The molecule has 1 heterocycles. The van der Waals surface area contributed by atoms with Crippen LogP contribution in [-0.4, -0.2) is 28.5 Å². The van der Waals surface area contributed by atoms with E-state index in [0.29, 0.717) is 18.2 Å². The van der Waals surface area contributed by atoms with E-state index in [2.05, 4.69) is 20.6 Å².